The first-order valence-corrected chi connectivity index (χ1v) is 3.44. The molecule has 1 atom stereocenters. The van der Waals surface area contributed by atoms with Gasteiger partial charge in [-0.2, -0.15) is 0 Å². The minimum atomic E-state index is -1.02. The van der Waals surface area contributed by atoms with Crippen LogP contribution in [-0.2, 0) is 15.9 Å². The number of aromatic nitrogens is 2. The average Bonchev–Trinajstić information content (AvgIpc) is 2.40. The first-order chi connectivity index (χ1) is 4.83. The Morgan fingerprint density at radius 2 is 2.70 bits per heavy atom. The number of hydrogen-bond donors (Lipinski definition) is 2. The van der Waals surface area contributed by atoms with E-state index in [2.05, 4.69) is 9.97 Å². The van der Waals surface area contributed by atoms with Crippen LogP contribution in [0.4, 0.5) is 0 Å². The van der Waals surface area contributed by atoms with Gasteiger partial charge in [-0.3, -0.25) is 0 Å². The molecule has 1 heterocycles. The van der Waals surface area contributed by atoms with Gasteiger partial charge in [0, 0.05) is 16.6 Å². The van der Waals surface area contributed by atoms with Crippen molar-refractivity contribution in [2.75, 3.05) is 0 Å². The van der Waals surface area contributed by atoms with Crippen LogP contribution in [0, 0.1) is 6.42 Å². The zero-order valence-electron chi connectivity index (χ0n) is 5.02. The molecule has 10 heavy (non-hydrogen) atoms. The molecule has 5 heteroatoms. The monoisotopic (exact) mass is 158 g/mol. The fourth-order valence-corrected chi connectivity index (χ4v) is 0.716. The molecule has 53 valence electrons. The molecule has 1 radical (unpaired) electrons. The predicted molar refractivity (Wildman–Crippen MR) is 36.0 cm³/mol. The molecular weight excluding hydrogens is 152 g/mol. The molecule has 0 bridgehead atoms. The van der Waals surface area contributed by atoms with Crippen LogP contribution >= 0.6 is 0 Å². The van der Waals surface area contributed by atoms with Crippen molar-refractivity contribution in [1.82, 2.24) is 9.97 Å². The molecule has 2 N–H and O–H groups in total. The minimum Gasteiger partial charge on any atom is -0.348 e. The van der Waals surface area contributed by atoms with Crippen LogP contribution in [0.25, 0.3) is 0 Å². The molecule has 0 aliphatic carbocycles. The summed E-state index contributed by atoms with van der Waals surface area (Å²) in [5.41, 5.74) is -1.02. The first-order valence-electron chi connectivity index (χ1n) is 2.64. The Morgan fingerprint density at radius 1 is 1.90 bits per heavy atom. The van der Waals surface area contributed by atoms with Gasteiger partial charge in [0.15, 0.2) is 0 Å². The van der Waals surface area contributed by atoms with Gasteiger partial charge in [-0.1, -0.05) is 0 Å². The van der Waals surface area contributed by atoms with E-state index in [0.717, 1.165) is 0 Å². The summed E-state index contributed by atoms with van der Waals surface area (Å²) in [6.07, 6.45) is 4.51. The van der Waals surface area contributed by atoms with Gasteiger partial charge in [-0.25, -0.2) is 4.98 Å². The molecule has 0 aliphatic rings. The molecular formula is C5H6N2O2S+. The van der Waals surface area contributed by atoms with Gasteiger partial charge in [0.1, 0.15) is 12.2 Å². The van der Waals surface area contributed by atoms with Crippen LogP contribution in [0.5, 0.6) is 0 Å². The number of rotatable bonds is 3. The summed E-state index contributed by atoms with van der Waals surface area (Å²) in [6.45, 7) is 0. The number of hydrogen-bond acceptors (Lipinski definition) is 3. The van der Waals surface area contributed by atoms with Crippen LogP contribution in [0.1, 0.15) is 5.82 Å². The largest absolute Gasteiger partial charge is 0.494 e. The van der Waals surface area contributed by atoms with Crippen molar-refractivity contribution in [1.29, 1.82) is 0 Å². The molecule has 1 aromatic heterocycles. The van der Waals surface area contributed by atoms with Crippen molar-refractivity contribution in [2.45, 2.75) is 5.44 Å². The highest BCUT2D eigenvalue weighted by Crippen LogP contribution is 1.97. The SMILES string of the molecule is O=[S+]C(O)[CH]c1ncc[nH]1. The molecule has 0 aromatic carbocycles. The Labute approximate surface area is 61.8 Å². The minimum absolute atomic E-state index is 0.113. The predicted octanol–water partition coefficient (Wildman–Crippen LogP) is -0.291. The summed E-state index contributed by atoms with van der Waals surface area (Å²) >= 11 is 0.113. The Hall–Kier alpha value is -0.810. The van der Waals surface area contributed by atoms with Gasteiger partial charge in [0.05, 0.1) is 0 Å². The topological polar surface area (TPSA) is 66.0 Å². The van der Waals surface area contributed by atoms with Crippen LogP contribution in [0.15, 0.2) is 12.4 Å². The smallest absolute Gasteiger partial charge is 0.348 e. The number of nitrogens with zero attached hydrogens (tertiary/aromatic N) is 1. The van der Waals surface area contributed by atoms with Crippen molar-refractivity contribution < 1.29 is 9.32 Å². The standard InChI is InChI=1S/C5H6N2O2S/c8-5(10-9)3-4-6-1-2-7-4/h1-3,5,8H,(H,6,7)/q+1. The number of imidazole rings is 1. The molecule has 0 spiro atoms. The van der Waals surface area contributed by atoms with Crippen LogP contribution in [0.2, 0.25) is 0 Å². The molecule has 1 aromatic rings. The summed E-state index contributed by atoms with van der Waals surface area (Å²) in [7, 11) is 0. The van der Waals surface area contributed by atoms with Crippen molar-refractivity contribution in [3.8, 4) is 0 Å². The van der Waals surface area contributed by atoms with Crippen molar-refractivity contribution in [3.05, 3.63) is 24.6 Å². The van der Waals surface area contributed by atoms with E-state index in [1.165, 1.54) is 6.42 Å². The second-order valence-electron chi connectivity index (χ2n) is 1.63. The summed E-state index contributed by atoms with van der Waals surface area (Å²) < 4.78 is 9.95. The maximum Gasteiger partial charge on any atom is 0.494 e. The number of aromatic amines is 1. The van der Waals surface area contributed by atoms with Crippen LogP contribution in [-0.4, -0.2) is 20.5 Å². The lowest BCUT2D eigenvalue weighted by atomic mass is 10.4. The lowest BCUT2D eigenvalue weighted by molar-refractivity contribution is 0.291. The highest BCUT2D eigenvalue weighted by atomic mass is 32.1. The van der Waals surface area contributed by atoms with Gasteiger partial charge >= 0.3 is 17.1 Å². The molecule has 0 saturated carbocycles. The van der Waals surface area contributed by atoms with Gasteiger partial charge in [0.25, 0.3) is 0 Å². The average molecular weight is 158 g/mol. The molecule has 4 nitrogen and oxygen atoms in total. The quantitative estimate of drug-likeness (QED) is 0.469. The fraction of sp³-hybridized carbons (Fsp3) is 0.200. The number of H-pyrrole nitrogens is 1. The number of aliphatic hydroxyl groups excluding tert-OH is 1. The van der Waals surface area contributed by atoms with Gasteiger partial charge < -0.3 is 10.1 Å². The zero-order valence-corrected chi connectivity index (χ0v) is 5.84. The van der Waals surface area contributed by atoms with Gasteiger partial charge in [-0.15, -0.1) is 0 Å². The van der Waals surface area contributed by atoms with Crippen molar-refractivity contribution in [2.24, 2.45) is 0 Å². The van der Waals surface area contributed by atoms with E-state index in [0.29, 0.717) is 5.82 Å². The highest BCUT2D eigenvalue weighted by Gasteiger charge is 2.18. The lowest BCUT2D eigenvalue weighted by Gasteiger charge is -1.86. The maximum absolute atomic E-state index is 9.95. The molecule has 1 unspecified atom stereocenters. The third kappa shape index (κ3) is 1.85. The van der Waals surface area contributed by atoms with Gasteiger partial charge in [0.2, 0.25) is 0 Å². The first kappa shape index (κ1) is 7.30. The Balaban J connectivity index is 2.47. The lowest BCUT2D eigenvalue weighted by Crippen LogP contribution is -2.05. The second-order valence-corrected chi connectivity index (χ2v) is 2.30. The molecule has 0 amide bonds. The van der Waals surface area contributed by atoms with Crippen molar-refractivity contribution in [3.63, 3.8) is 0 Å². The Morgan fingerprint density at radius 3 is 3.20 bits per heavy atom. The van der Waals surface area contributed by atoms with E-state index in [1.54, 1.807) is 12.4 Å². The molecule has 0 saturated heterocycles. The fourth-order valence-electron chi connectivity index (χ4n) is 0.531. The van der Waals surface area contributed by atoms with E-state index in [4.69, 9.17) is 5.11 Å². The van der Waals surface area contributed by atoms with E-state index < -0.39 is 5.44 Å². The van der Waals surface area contributed by atoms with E-state index in [1.807, 2.05) is 0 Å². The Bertz CT molecular complexity index is 199. The molecule has 1 rings (SSSR count). The summed E-state index contributed by atoms with van der Waals surface area (Å²) in [5.74, 6) is 0.510. The second kappa shape index (κ2) is 3.38. The van der Waals surface area contributed by atoms with E-state index >= 15 is 0 Å². The zero-order chi connectivity index (χ0) is 7.40. The van der Waals surface area contributed by atoms with Crippen molar-refractivity contribution >= 4 is 11.7 Å². The summed E-state index contributed by atoms with van der Waals surface area (Å²) in [5, 5.41) is 8.76. The van der Waals surface area contributed by atoms with Crippen LogP contribution < -0.4 is 0 Å². The summed E-state index contributed by atoms with van der Waals surface area (Å²) in [6, 6.07) is 0. The van der Waals surface area contributed by atoms with E-state index in [9.17, 15) is 4.21 Å². The summed E-state index contributed by atoms with van der Waals surface area (Å²) in [4.78, 5) is 6.50. The normalized spacial score (nSPS) is 12.9. The third-order valence-electron chi connectivity index (χ3n) is 0.918. The van der Waals surface area contributed by atoms with E-state index in [-0.39, 0.29) is 11.7 Å². The number of aliphatic hydroxyl groups is 1. The maximum atomic E-state index is 9.95. The van der Waals surface area contributed by atoms with Crippen LogP contribution in [0.3, 0.4) is 0 Å². The third-order valence-corrected chi connectivity index (χ3v) is 1.25. The van der Waals surface area contributed by atoms with Gasteiger partial charge in [-0.05, 0) is 0 Å². The molecule has 0 aliphatic heterocycles. The number of nitrogens with one attached hydrogen (secondary N) is 1. The Kier molecular flexibility index (Phi) is 2.47. The highest BCUT2D eigenvalue weighted by molar-refractivity contribution is 7.66. The molecule has 0 fully saturated rings.